The van der Waals surface area contributed by atoms with Crippen molar-refractivity contribution in [3.8, 4) is 11.3 Å². The third-order valence-corrected chi connectivity index (χ3v) is 2.70. The Bertz CT molecular complexity index is 751. The van der Waals surface area contributed by atoms with E-state index in [0.717, 1.165) is 16.9 Å². The SMILES string of the molecule is O=C(O)Nc1cccc(-c2ccnc3ccnn23)c1. The van der Waals surface area contributed by atoms with Crippen LogP contribution in [-0.2, 0) is 0 Å². The molecule has 2 N–H and O–H groups in total. The van der Waals surface area contributed by atoms with Gasteiger partial charge in [0.25, 0.3) is 0 Å². The number of amides is 1. The fourth-order valence-electron chi connectivity index (χ4n) is 1.93. The normalized spacial score (nSPS) is 10.5. The summed E-state index contributed by atoms with van der Waals surface area (Å²) < 4.78 is 1.71. The van der Waals surface area contributed by atoms with Gasteiger partial charge < -0.3 is 5.11 Å². The van der Waals surface area contributed by atoms with Gasteiger partial charge in [0.15, 0.2) is 5.65 Å². The van der Waals surface area contributed by atoms with Crippen molar-refractivity contribution in [2.24, 2.45) is 0 Å². The summed E-state index contributed by atoms with van der Waals surface area (Å²) in [4.78, 5) is 14.8. The number of aromatic nitrogens is 3. The monoisotopic (exact) mass is 254 g/mol. The van der Waals surface area contributed by atoms with Gasteiger partial charge in [-0.05, 0) is 18.2 Å². The van der Waals surface area contributed by atoms with Crippen LogP contribution < -0.4 is 5.32 Å². The zero-order chi connectivity index (χ0) is 13.2. The van der Waals surface area contributed by atoms with Gasteiger partial charge in [-0.3, -0.25) is 5.32 Å². The van der Waals surface area contributed by atoms with E-state index in [1.165, 1.54) is 0 Å². The summed E-state index contributed by atoms with van der Waals surface area (Å²) in [5.74, 6) is 0. The minimum Gasteiger partial charge on any atom is -0.465 e. The highest BCUT2D eigenvalue weighted by Gasteiger charge is 2.06. The summed E-state index contributed by atoms with van der Waals surface area (Å²) in [5.41, 5.74) is 2.97. The van der Waals surface area contributed by atoms with Crippen molar-refractivity contribution in [1.82, 2.24) is 14.6 Å². The summed E-state index contributed by atoms with van der Waals surface area (Å²) >= 11 is 0. The van der Waals surface area contributed by atoms with Crippen LogP contribution >= 0.6 is 0 Å². The highest BCUT2D eigenvalue weighted by molar-refractivity contribution is 5.84. The van der Waals surface area contributed by atoms with Crippen LogP contribution in [0, 0.1) is 0 Å². The summed E-state index contributed by atoms with van der Waals surface area (Å²) in [7, 11) is 0. The molecule has 0 saturated heterocycles. The number of anilines is 1. The highest BCUT2D eigenvalue weighted by atomic mass is 16.4. The molecule has 0 aliphatic carbocycles. The zero-order valence-corrected chi connectivity index (χ0v) is 9.82. The molecule has 0 aliphatic heterocycles. The number of benzene rings is 1. The number of nitrogens with zero attached hydrogens (tertiary/aromatic N) is 3. The standard InChI is InChI=1S/C13H10N4O2/c18-13(19)16-10-3-1-2-9(8-10)11-4-6-14-12-5-7-15-17(11)12/h1-8,16H,(H,18,19). The van der Waals surface area contributed by atoms with Crippen LogP contribution in [0.3, 0.4) is 0 Å². The van der Waals surface area contributed by atoms with Gasteiger partial charge in [-0.25, -0.2) is 14.3 Å². The molecule has 0 spiro atoms. The van der Waals surface area contributed by atoms with Crippen molar-refractivity contribution in [3.05, 3.63) is 48.8 Å². The number of rotatable bonds is 2. The quantitative estimate of drug-likeness (QED) is 0.736. The molecule has 3 aromatic rings. The van der Waals surface area contributed by atoms with Gasteiger partial charge in [-0.15, -0.1) is 0 Å². The minimum absolute atomic E-state index is 0.516. The van der Waals surface area contributed by atoms with E-state index < -0.39 is 6.09 Å². The van der Waals surface area contributed by atoms with Crippen molar-refractivity contribution in [3.63, 3.8) is 0 Å². The van der Waals surface area contributed by atoms with Gasteiger partial charge in [-0.1, -0.05) is 12.1 Å². The molecule has 1 aromatic carbocycles. The van der Waals surface area contributed by atoms with Crippen LogP contribution in [0.15, 0.2) is 48.8 Å². The van der Waals surface area contributed by atoms with Crippen LogP contribution in [0.1, 0.15) is 0 Å². The Balaban J connectivity index is 2.11. The Kier molecular flexibility index (Phi) is 2.60. The first kappa shape index (κ1) is 11.2. The zero-order valence-electron chi connectivity index (χ0n) is 9.82. The Hall–Kier alpha value is -2.89. The number of carbonyl (C=O) groups is 1. The highest BCUT2D eigenvalue weighted by Crippen LogP contribution is 2.22. The van der Waals surface area contributed by atoms with Gasteiger partial charge in [0.2, 0.25) is 0 Å². The topological polar surface area (TPSA) is 79.5 Å². The van der Waals surface area contributed by atoms with Crippen LogP contribution in [0.4, 0.5) is 10.5 Å². The minimum atomic E-state index is -1.09. The Labute approximate surface area is 108 Å². The number of hydrogen-bond donors (Lipinski definition) is 2. The van der Waals surface area contributed by atoms with E-state index >= 15 is 0 Å². The lowest BCUT2D eigenvalue weighted by Crippen LogP contribution is -2.07. The Morgan fingerprint density at radius 3 is 2.95 bits per heavy atom. The van der Waals surface area contributed by atoms with Crippen LogP contribution in [0.5, 0.6) is 0 Å². The third kappa shape index (κ3) is 2.11. The van der Waals surface area contributed by atoms with Gasteiger partial charge in [0.1, 0.15) is 0 Å². The number of nitrogens with one attached hydrogen (secondary N) is 1. The van der Waals surface area contributed by atoms with Crippen molar-refractivity contribution >= 4 is 17.4 Å². The van der Waals surface area contributed by atoms with E-state index in [9.17, 15) is 4.79 Å². The number of hydrogen-bond acceptors (Lipinski definition) is 3. The van der Waals surface area contributed by atoms with E-state index in [2.05, 4.69) is 15.4 Å². The van der Waals surface area contributed by atoms with Crippen molar-refractivity contribution < 1.29 is 9.90 Å². The summed E-state index contributed by atoms with van der Waals surface area (Å²) in [6.07, 6.45) is 2.28. The molecule has 3 rings (SSSR count). The molecule has 0 atom stereocenters. The second kappa shape index (κ2) is 4.41. The second-order valence-electron chi connectivity index (χ2n) is 3.94. The smallest absolute Gasteiger partial charge is 0.409 e. The first-order valence-corrected chi connectivity index (χ1v) is 5.63. The van der Waals surface area contributed by atoms with E-state index in [1.54, 1.807) is 35.1 Å². The van der Waals surface area contributed by atoms with Crippen LogP contribution in [0.25, 0.3) is 16.9 Å². The van der Waals surface area contributed by atoms with Gasteiger partial charge in [0, 0.05) is 23.5 Å². The molecular formula is C13H10N4O2. The molecule has 0 saturated carbocycles. The van der Waals surface area contributed by atoms with Crippen molar-refractivity contribution in [2.75, 3.05) is 5.32 Å². The lowest BCUT2D eigenvalue weighted by atomic mass is 10.1. The largest absolute Gasteiger partial charge is 0.465 e. The Morgan fingerprint density at radius 1 is 1.21 bits per heavy atom. The van der Waals surface area contributed by atoms with E-state index in [4.69, 9.17) is 5.11 Å². The lowest BCUT2D eigenvalue weighted by molar-refractivity contribution is 0.210. The molecule has 94 valence electrons. The van der Waals surface area contributed by atoms with E-state index in [1.807, 2.05) is 18.2 Å². The molecule has 2 aromatic heterocycles. The number of fused-ring (bicyclic) bond motifs is 1. The van der Waals surface area contributed by atoms with Gasteiger partial charge in [0.05, 0.1) is 11.9 Å². The fraction of sp³-hybridized carbons (Fsp3) is 0. The molecule has 6 nitrogen and oxygen atoms in total. The van der Waals surface area contributed by atoms with Gasteiger partial charge in [-0.2, -0.15) is 5.10 Å². The first-order chi connectivity index (χ1) is 9.24. The molecule has 19 heavy (non-hydrogen) atoms. The molecule has 0 unspecified atom stereocenters. The summed E-state index contributed by atoms with van der Waals surface area (Å²) in [6.45, 7) is 0. The maximum atomic E-state index is 10.6. The molecule has 0 fully saturated rings. The Morgan fingerprint density at radius 2 is 2.11 bits per heavy atom. The van der Waals surface area contributed by atoms with Crippen LogP contribution in [-0.4, -0.2) is 25.8 Å². The first-order valence-electron chi connectivity index (χ1n) is 5.63. The lowest BCUT2D eigenvalue weighted by Gasteiger charge is -2.06. The molecule has 1 amide bonds. The van der Waals surface area contributed by atoms with Crippen molar-refractivity contribution in [1.29, 1.82) is 0 Å². The molecular weight excluding hydrogens is 244 g/mol. The van der Waals surface area contributed by atoms with E-state index in [-0.39, 0.29) is 0 Å². The predicted molar refractivity (Wildman–Crippen MR) is 70.1 cm³/mol. The van der Waals surface area contributed by atoms with Crippen molar-refractivity contribution in [2.45, 2.75) is 0 Å². The average Bonchev–Trinajstić information content (AvgIpc) is 2.86. The average molecular weight is 254 g/mol. The fourth-order valence-corrected chi connectivity index (χ4v) is 1.93. The molecule has 0 bridgehead atoms. The van der Waals surface area contributed by atoms with Crippen LogP contribution in [0.2, 0.25) is 0 Å². The predicted octanol–water partition coefficient (Wildman–Crippen LogP) is 2.49. The maximum Gasteiger partial charge on any atom is 0.409 e. The molecule has 0 radical (unpaired) electrons. The molecule has 2 heterocycles. The maximum absolute atomic E-state index is 10.6. The van der Waals surface area contributed by atoms with E-state index in [0.29, 0.717) is 5.69 Å². The summed E-state index contributed by atoms with van der Waals surface area (Å²) in [5, 5.41) is 15.3. The molecule has 0 aliphatic rings. The van der Waals surface area contributed by atoms with Gasteiger partial charge >= 0.3 is 6.09 Å². The molecule has 6 heteroatoms. The third-order valence-electron chi connectivity index (χ3n) is 2.70. The second-order valence-corrected chi connectivity index (χ2v) is 3.94. The number of carboxylic acid groups (broad SMARTS) is 1. The summed E-state index contributed by atoms with van der Waals surface area (Å²) in [6, 6.07) is 10.8.